The molecule has 4 heteroatoms. The molecule has 0 aromatic heterocycles. The summed E-state index contributed by atoms with van der Waals surface area (Å²) in [5.41, 5.74) is 1.66. The molecule has 17 heavy (non-hydrogen) atoms. The number of halogens is 1. The Morgan fingerprint density at radius 1 is 1.59 bits per heavy atom. The first-order chi connectivity index (χ1) is 8.15. The zero-order valence-electron chi connectivity index (χ0n) is 9.83. The Morgan fingerprint density at radius 2 is 2.35 bits per heavy atom. The predicted molar refractivity (Wildman–Crippen MR) is 72.0 cm³/mol. The highest BCUT2D eigenvalue weighted by Gasteiger charge is 2.08. The van der Waals surface area contributed by atoms with Gasteiger partial charge < -0.3 is 10.1 Å². The largest absolute Gasteiger partial charge is 0.502 e. The van der Waals surface area contributed by atoms with E-state index in [1.54, 1.807) is 0 Å². The van der Waals surface area contributed by atoms with Crippen molar-refractivity contribution in [2.24, 2.45) is 0 Å². The van der Waals surface area contributed by atoms with E-state index in [-0.39, 0.29) is 5.91 Å². The zero-order valence-corrected chi connectivity index (χ0v) is 11.4. The van der Waals surface area contributed by atoms with Crippen LogP contribution in [0.25, 0.3) is 0 Å². The molecule has 1 amide bonds. The summed E-state index contributed by atoms with van der Waals surface area (Å²) in [5, 5.41) is 2.85. The number of hydrogen-bond donors (Lipinski definition) is 1. The maximum absolute atomic E-state index is 11.9. The number of amides is 1. The first-order valence-electron chi connectivity index (χ1n) is 5.42. The van der Waals surface area contributed by atoms with E-state index in [0.717, 1.165) is 16.5 Å². The average molecular weight is 298 g/mol. The Morgan fingerprint density at radius 3 is 3.06 bits per heavy atom. The normalized spacial score (nSPS) is 9.76. The quantitative estimate of drug-likeness (QED) is 0.647. The summed E-state index contributed by atoms with van der Waals surface area (Å²) >= 11 is 3.36. The van der Waals surface area contributed by atoms with Gasteiger partial charge in [-0.25, -0.2) is 0 Å². The Labute approximate surface area is 110 Å². The van der Waals surface area contributed by atoms with E-state index < -0.39 is 0 Å². The lowest BCUT2D eigenvalue weighted by Crippen LogP contribution is -2.25. The molecule has 0 saturated carbocycles. The molecular formula is C13H16BrNO2. The number of benzene rings is 1. The van der Waals surface area contributed by atoms with E-state index >= 15 is 0 Å². The molecule has 0 unspecified atom stereocenters. The van der Waals surface area contributed by atoms with Crippen molar-refractivity contribution < 1.29 is 9.53 Å². The van der Waals surface area contributed by atoms with Gasteiger partial charge >= 0.3 is 0 Å². The van der Waals surface area contributed by atoms with Gasteiger partial charge in [0.1, 0.15) is 0 Å². The van der Waals surface area contributed by atoms with Crippen LogP contribution >= 0.6 is 15.9 Å². The summed E-state index contributed by atoms with van der Waals surface area (Å²) in [6.45, 7) is 6.53. The van der Waals surface area contributed by atoms with Gasteiger partial charge in [0.05, 0.1) is 12.9 Å². The number of carbonyl (C=O) groups excluding carboxylic acids is 1. The molecule has 0 aliphatic heterocycles. The summed E-state index contributed by atoms with van der Waals surface area (Å²) in [7, 11) is 0. The molecule has 1 N–H and O–H groups in total. The highest BCUT2D eigenvalue weighted by Crippen LogP contribution is 2.15. The number of aryl methyl sites for hydroxylation is 1. The van der Waals surface area contributed by atoms with Crippen LogP contribution in [0.5, 0.6) is 0 Å². The molecule has 3 nitrogen and oxygen atoms in total. The van der Waals surface area contributed by atoms with Gasteiger partial charge in [0.2, 0.25) is 0 Å². The summed E-state index contributed by atoms with van der Waals surface area (Å²) in [5.74, 6) is -0.0533. The van der Waals surface area contributed by atoms with Crippen molar-refractivity contribution in [1.29, 1.82) is 0 Å². The van der Waals surface area contributed by atoms with Crippen LogP contribution in [-0.2, 0) is 4.74 Å². The molecule has 1 aromatic carbocycles. The van der Waals surface area contributed by atoms with Gasteiger partial charge in [0.25, 0.3) is 5.91 Å². The predicted octanol–water partition coefficient (Wildman–Crippen LogP) is 3.04. The molecule has 92 valence electrons. The summed E-state index contributed by atoms with van der Waals surface area (Å²) in [6.07, 6.45) is 2.17. The van der Waals surface area contributed by atoms with Gasteiger partial charge in [0.15, 0.2) is 0 Å². The summed E-state index contributed by atoms with van der Waals surface area (Å²) in [6, 6.07) is 5.66. The van der Waals surface area contributed by atoms with Crippen LogP contribution in [0.15, 0.2) is 35.5 Å². The Balaban J connectivity index is 2.46. The molecule has 0 atom stereocenters. The Hall–Kier alpha value is -1.29. The minimum absolute atomic E-state index is 0.0533. The summed E-state index contributed by atoms with van der Waals surface area (Å²) < 4.78 is 5.87. The average Bonchev–Trinajstić information content (AvgIpc) is 2.32. The number of hydrogen-bond acceptors (Lipinski definition) is 2. The Bertz CT molecular complexity index is 404. The fourth-order valence-corrected chi connectivity index (χ4v) is 1.74. The van der Waals surface area contributed by atoms with Gasteiger partial charge in [-0.15, -0.1) is 0 Å². The van der Waals surface area contributed by atoms with E-state index in [1.807, 2.05) is 25.1 Å². The van der Waals surface area contributed by atoms with Crippen molar-refractivity contribution in [3.63, 3.8) is 0 Å². The van der Waals surface area contributed by atoms with Gasteiger partial charge in [-0.3, -0.25) is 4.79 Å². The standard InChI is InChI=1S/C13H16BrNO2/c1-3-17-8-4-7-15-13(16)12-9-11(14)6-5-10(12)2/h3,5-6,9H,1,4,7-8H2,2H3,(H,15,16). The highest BCUT2D eigenvalue weighted by atomic mass is 79.9. The number of nitrogens with one attached hydrogen (secondary N) is 1. The first-order valence-corrected chi connectivity index (χ1v) is 6.21. The van der Waals surface area contributed by atoms with Crippen molar-refractivity contribution in [2.75, 3.05) is 13.2 Å². The highest BCUT2D eigenvalue weighted by molar-refractivity contribution is 9.10. The maximum atomic E-state index is 11.9. The topological polar surface area (TPSA) is 38.3 Å². The van der Waals surface area contributed by atoms with Gasteiger partial charge in [-0.2, -0.15) is 0 Å². The van der Waals surface area contributed by atoms with Crippen molar-refractivity contribution in [1.82, 2.24) is 5.32 Å². The fraction of sp³-hybridized carbons (Fsp3) is 0.308. The molecule has 0 heterocycles. The number of carbonyl (C=O) groups is 1. The Kier molecular flexibility index (Phi) is 5.77. The van der Waals surface area contributed by atoms with E-state index in [2.05, 4.69) is 27.8 Å². The van der Waals surface area contributed by atoms with Crippen LogP contribution < -0.4 is 5.32 Å². The van der Waals surface area contributed by atoms with E-state index in [0.29, 0.717) is 18.7 Å². The number of ether oxygens (including phenoxy) is 1. The smallest absolute Gasteiger partial charge is 0.251 e. The molecule has 0 aliphatic rings. The van der Waals surface area contributed by atoms with Crippen LogP contribution in [0.3, 0.4) is 0 Å². The molecule has 0 radical (unpaired) electrons. The van der Waals surface area contributed by atoms with Crippen LogP contribution in [0, 0.1) is 6.92 Å². The second kappa shape index (κ2) is 7.12. The lowest BCUT2D eigenvalue weighted by molar-refractivity contribution is 0.0950. The monoisotopic (exact) mass is 297 g/mol. The molecule has 0 saturated heterocycles. The van der Waals surface area contributed by atoms with E-state index in [4.69, 9.17) is 4.74 Å². The molecule has 1 aromatic rings. The van der Waals surface area contributed by atoms with Crippen LogP contribution in [0.2, 0.25) is 0 Å². The van der Waals surface area contributed by atoms with Crippen LogP contribution in [0.4, 0.5) is 0 Å². The van der Waals surface area contributed by atoms with E-state index in [9.17, 15) is 4.79 Å². The second-order valence-electron chi connectivity index (χ2n) is 3.61. The second-order valence-corrected chi connectivity index (χ2v) is 4.52. The molecule has 0 bridgehead atoms. The van der Waals surface area contributed by atoms with Crippen LogP contribution in [-0.4, -0.2) is 19.1 Å². The van der Waals surface area contributed by atoms with E-state index in [1.165, 1.54) is 6.26 Å². The summed E-state index contributed by atoms with van der Waals surface area (Å²) in [4.78, 5) is 11.9. The molecule has 0 aliphatic carbocycles. The third-order valence-electron chi connectivity index (χ3n) is 2.29. The lowest BCUT2D eigenvalue weighted by atomic mass is 10.1. The van der Waals surface area contributed by atoms with Crippen molar-refractivity contribution in [2.45, 2.75) is 13.3 Å². The van der Waals surface area contributed by atoms with Crippen molar-refractivity contribution in [3.8, 4) is 0 Å². The number of rotatable bonds is 6. The molecule has 1 rings (SSSR count). The molecule has 0 spiro atoms. The first kappa shape index (κ1) is 13.8. The molecular weight excluding hydrogens is 282 g/mol. The van der Waals surface area contributed by atoms with Gasteiger partial charge in [-0.1, -0.05) is 28.6 Å². The van der Waals surface area contributed by atoms with Crippen molar-refractivity contribution >= 4 is 21.8 Å². The van der Waals surface area contributed by atoms with Gasteiger partial charge in [0, 0.05) is 16.6 Å². The van der Waals surface area contributed by atoms with Crippen LogP contribution in [0.1, 0.15) is 22.3 Å². The SMILES string of the molecule is C=COCCCNC(=O)c1cc(Br)ccc1C. The third-order valence-corrected chi connectivity index (χ3v) is 2.78. The third kappa shape index (κ3) is 4.61. The van der Waals surface area contributed by atoms with Gasteiger partial charge in [-0.05, 0) is 31.0 Å². The van der Waals surface area contributed by atoms with Crippen molar-refractivity contribution in [3.05, 3.63) is 46.6 Å². The fourth-order valence-electron chi connectivity index (χ4n) is 1.37. The minimum atomic E-state index is -0.0533. The lowest BCUT2D eigenvalue weighted by Gasteiger charge is -2.08. The zero-order chi connectivity index (χ0) is 12.7. The molecule has 0 fully saturated rings. The minimum Gasteiger partial charge on any atom is -0.502 e. The maximum Gasteiger partial charge on any atom is 0.251 e.